The fourth-order valence-corrected chi connectivity index (χ4v) is 1.85. The molecule has 0 saturated carbocycles. The van der Waals surface area contributed by atoms with E-state index in [1.165, 1.54) is 0 Å². The van der Waals surface area contributed by atoms with Crippen LogP contribution in [0, 0.1) is 0 Å². The largest absolute Gasteiger partial charge is 0.323 e. The number of nitrogens with zero attached hydrogens (tertiary/aromatic N) is 1. The van der Waals surface area contributed by atoms with Gasteiger partial charge in [0.15, 0.2) is 0 Å². The number of pyridine rings is 1. The fraction of sp³-hybridized carbons (Fsp3) is 0.286. The number of anilines is 1. The molecule has 0 bridgehead atoms. The molecule has 5 heteroatoms. The fourth-order valence-electron chi connectivity index (χ4n) is 1.63. The highest BCUT2D eigenvalue weighted by molar-refractivity contribution is 6.36. The number of hydrogen-bond acceptors (Lipinski definition) is 3. The van der Waals surface area contributed by atoms with Crippen molar-refractivity contribution in [2.75, 3.05) is 12.4 Å². The Bertz CT molecular complexity index is 625. The molecule has 2 aromatic rings. The molecule has 1 amide bonds. The van der Waals surface area contributed by atoms with Crippen molar-refractivity contribution < 1.29 is 4.79 Å². The van der Waals surface area contributed by atoms with Crippen LogP contribution in [-0.2, 0) is 4.79 Å². The summed E-state index contributed by atoms with van der Waals surface area (Å²) in [6.45, 7) is 3.63. The Hall–Kier alpha value is -1.65. The third kappa shape index (κ3) is 2.69. The summed E-state index contributed by atoms with van der Waals surface area (Å²) in [5, 5.41) is 7.29. The topological polar surface area (TPSA) is 54.0 Å². The zero-order valence-corrected chi connectivity index (χ0v) is 11.9. The molecular weight excluding hydrogens is 262 g/mol. The van der Waals surface area contributed by atoms with Gasteiger partial charge in [-0.1, -0.05) is 11.6 Å². The van der Waals surface area contributed by atoms with Gasteiger partial charge in [-0.05, 0) is 45.2 Å². The van der Waals surface area contributed by atoms with Crippen LogP contribution in [0.4, 0.5) is 5.69 Å². The van der Waals surface area contributed by atoms with Crippen molar-refractivity contribution in [3.05, 3.63) is 35.5 Å². The van der Waals surface area contributed by atoms with E-state index in [2.05, 4.69) is 15.6 Å². The van der Waals surface area contributed by atoms with E-state index < -0.39 is 5.54 Å². The maximum Gasteiger partial charge on any atom is 0.244 e. The zero-order chi connectivity index (χ0) is 14.0. The van der Waals surface area contributed by atoms with Crippen molar-refractivity contribution in [1.82, 2.24) is 10.3 Å². The Morgan fingerprint density at radius 2 is 2.05 bits per heavy atom. The van der Waals surface area contributed by atoms with E-state index in [4.69, 9.17) is 11.6 Å². The first kappa shape index (κ1) is 13.8. The highest BCUT2D eigenvalue weighted by atomic mass is 35.5. The van der Waals surface area contributed by atoms with Crippen molar-refractivity contribution >= 4 is 34.1 Å². The first-order valence-corrected chi connectivity index (χ1v) is 6.37. The first-order chi connectivity index (χ1) is 8.95. The number of carbonyl (C=O) groups excluding carboxylic acids is 1. The summed E-state index contributed by atoms with van der Waals surface area (Å²) in [6.07, 6.45) is 1.68. The molecule has 4 nitrogen and oxygen atoms in total. The van der Waals surface area contributed by atoms with E-state index >= 15 is 0 Å². The van der Waals surface area contributed by atoms with E-state index in [1.54, 1.807) is 25.4 Å². The van der Waals surface area contributed by atoms with Gasteiger partial charge < -0.3 is 10.6 Å². The van der Waals surface area contributed by atoms with E-state index in [1.807, 2.05) is 26.0 Å². The molecule has 0 fully saturated rings. The Morgan fingerprint density at radius 3 is 2.74 bits per heavy atom. The molecule has 1 aromatic carbocycles. The minimum absolute atomic E-state index is 0.121. The molecule has 100 valence electrons. The van der Waals surface area contributed by atoms with Crippen LogP contribution in [0.1, 0.15) is 13.8 Å². The second-order valence-corrected chi connectivity index (χ2v) is 5.23. The Kier molecular flexibility index (Phi) is 3.73. The number of nitrogens with one attached hydrogen (secondary N) is 2. The third-order valence-corrected chi connectivity index (χ3v) is 3.49. The predicted molar refractivity (Wildman–Crippen MR) is 78.5 cm³/mol. The molecule has 2 N–H and O–H groups in total. The molecular formula is C14H16ClN3O. The van der Waals surface area contributed by atoms with Crippen LogP contribution >= 0.6 is 11.6 Å². The van der Waals surface area contributed by atoms with E-state index in [0.717, 1.165) is 5.39 Å². The number of rotatable bonds is 3. The normalized spacial score (nSPS) is 11.6. The van der Waals surface area contributed by atoms with E-state index in [-0.39, 0.29) is 5.91 Å². The molecule has 0 aliphatic rings. The lowest BCUT2D eigenvalue weighted by Crippen LogP contribution is -2.47. The molecule has 1 heterocycles. The standard InChI is InChI=1S/C14H16ClN3O/c1-14(2,16-3)13(19)18-11-7-6-10(15)9-5-4-8-17-12(9)11/h4-8,16H,1-3H3,(H,18,19). The lowest BCUT2D eigenvalue weighted by molar-refractivity contribution is -0.121. The summed E-state index contributed by atoms with van der Waals surface area (Å²) in [6, 6.07) is 7.22. The second-order valence-electron chi connectivity index (χ2n) is 4.82. The summed E-state index contributed by atoms with van der Waals surface area (Å²) in [5.74, 6) is -0.121. The number of fused-ring (bicyclic) bond motifs is 1. The Balaban J connectivity index is 2.42. The van der Waals surface area contributed by atoms with Crippen LogP contribution in [-0.4, -0.2) is 23.5 Å². The summed E-state index contributed by atoms with van der Waals surface area (Å²) < 4.78 is 0. The van der Waals surface area contributed by atoms with Gasteiger partial charge in [-0.25, -0.2) is 0 Å². The lowest BCUT2D eigenvalue weighted by atomic mass is 10.0. The molecule has 0 aliphatic heterocycles. The van der Waals surface area contributed by atoms with Gasteiger partial charge in [0.1, 0.15) is 0 Å². The molecule has 0 saturated heterocycles. The van der Waals surface area contributed by atoms with Crippen molar-refractivity contribution in [3.63, 3.8) is 0 Å². The third-order valence-electron chi connectivity index (χ3n) is 3.16. The average molecular weight is 278 g/mol. The number of carbonyl (C=O) groups is 1. The monoisotopic (exact) mass is 277 g/mol. The number of amides is 1. The van der Waals surface area contributed by atoms with Crippen molar-refractivity contribution in [1.29, 1.82) is 0 Å². The maximum atomic E-state index is 12.2. The van der Waals surface area contributed by atoms with E-state index in [9.17, 15) is 4.79 Å². The Labute approximate surface area is 117 Å². The quantitative estimate of drug-likeness (QED) is 0.907. The number of hydrogen-bond donors (Lipinski definition) is 2. The van der Waals surface area contributed by atoms with Crippen LogP contribution in [0.3, 0.4) is 0 Å². The minimum atomic E-state index is -0.652. The summed E-state index contributed by atoms with van der Waals surface area (Å²) in [5.41, 5.74) is 0.698. The van der Waals surface area contributed by atoms with Gasteiger partial charge in [0, 0.05) is 11.6 Å². The first-order valence-electron chi connectivity index (χ1n) is 5.99. The van der Waals surface area contributed by atoms with Gasteiger partial charge in [0.05, 0.1) is 21.8 Å². The highest BCUT2D eigenvalue weighted by Gasteiger charge is 2.25. The lowest BCUT2D eigenvalue weighted by Gasteiger charge is -2.23. The average Bonchev–Trinajstić information content (AvgIpc) is 2.42. The maximum absolute atomic E-state index is 12.2. The second kappa shape index (κ2) is 5.15. The van der Waals surface area contributed by atoms with Crippen LogP contribution in [0.2, 0.25) is 5.02 Å². The zero-order valence-electron chi connectivity index (χ0n) is 11.1. The number of aromatic nitrogens is 1. The van der Waals surface area contributed by atoms with Gasteiger partial charge in [-0.2, -0.15) is 0 Å². The van der Waals surface area contributed by atoms with Gasteiger partial charge in [-0.15, -0.1) is 0 Å². The molecule has 0 atom stereocenters. The summed E-state index contributed by atoms with van der Waals surface area (Å²) in [4.78, 5) is 16.4. The number of halogens is 1. The van der Waals surface area contributed by atoms with Gasteiger partial charge >= 0.3 is 0 Å². The number of likely N-dealkylation sites (N-methyl/N-ethyl adjacent to an activating group) is 1. The smallest absolute Gasteiger partial charge is 0.244 e. The molecule has 2 rings (SSSR count). The van der Waals surface area contributed by atoms with Crippen molar-refractivity contribution in [2.45, 2.75) is 19.4 Å². The Morgan fingerprint density at radius 1 is 1.32 bits per heavy atom. The van der Waals surface area contributed by atoms with Crippen molar-refractivity contribution in [3.8, 4) is 0 Å². The summed E-state index contributed by atoms with van der Waals surface area (Å²) in [7, 11) is 1.75. The predicted octanol–water partition coefficient (Wildman–Crippen LogP) is 2.82. The summed E-state index contributed by atoms with van der Waals surface area (Å²) >= 11 is 6.12. The molecule has 0 aliphatic carbocycles. The molecule has 0 unspecified atom stereocenters. The SMILES string of the molecule is CNC(C)(C)C(=O)Nc1ccc(Cl)c2cccnc12. The van der Waals surface area contributed by atoms with Gasteiger partial charge in [-0.3, -0.25) is 9.78 Å². The van der Waals surface area contributed by atoms with Gasteiger partial charge in [0.25, 0.3) is 0 Å². The van der Waals surface area contributed by atoms with Crippen molar-refractivity contribution in [2.24, 2.45) is 0 Å². The van der Waals surface area contributed by atoms with E-state index in [0.29, 0.717) is 16.2 Å². The molecule has 0 spiro atoms. The van der Waals surface area contributed by atoms with Gasteiger partial charge in [0.2, 0.25) is 5.91 Å². The molecule has 0 radical (unpaired) electrons. The van der Waals surface area contributed by atoms with Crippen LogP contribution in [0.5, 0.6) is 0 Å². The highest BCUT2D eigenvalue weighted by Crippen LogP contribution is 2.28. The molecule has 19 heavy (non-hydrogen) atoms. The van der Waals surface area contributed by atoms with Crippen LogP contribution in [0.25, 0.3) is 10.9 Å². The van der Waals surface area contributed by atoms with Crippen LogP contribution < -0.4 is 10.6 Å². The van der Waals surface area contributed by atoms with Crippen LogP contribution in [0.15, 0.2) is 30.5 Å². The molecule has 1 aromatic heterocycles. The number of benzene rings is 1. The minimum Gasteiger partial charge on any atom is -0.323 e.